The van der Waals surface area contributed by atoms with Gasteiger partial charge < -0.3 is 4.90 Å². The molecule has 0 spiro atoms. The first-order valence-corrected chi connectivity index (χ1v) is 7.24. The van der Waals surface area contributed by atoms with Gasteiger partial charge in [-0.15, -0.1) is 11.6 Å². The summed E-state index contributed by atoms with van der Waals surface area (Å²) >= 11 is 5.37. The molecule has 1 amide bonds. The van der Waals surface area contributed by atoms with Crippen LogP contribution in [-0.4, -0.2) is 44.5 Å². The van der Waals surface area contributed by atoms with Crippen molar-refractivity contribution < 1.29 is 13.2 Å². The van der Waals surface area contributed by atoms with E-state index in [2.05, 4.69) is 0 Å². The van der Waals surface area contributed by atoms with Crippen LogP contribution in [0, 0.1) is 0 Å². The van der Waals surface area contributed by atoms with E-state index in [9.17, 15) is 13.2 Å². The molecule has 94 valence electrons. The zero-order valence-corrected chi connectivity index (χ0v) is 11.0. The van der Waals surface area contributed by atoms with Crippen molar-refractivity contribution in [2.75, 3.05) is 25.2 Å². The van der Waals surface area contributed by atoms with Gasteiger partial charge in [-0.25, -0.2) is 8.42 Å². The number of rotatable bonds is 5. The topological polar surface area (TPSA) is 54.5 Å². The lowest BCUT2D eigenvalue weighted by Crippen LogP contribution is -2.32. The molecule has 0 N–H and O–H groups in total. The number of hydrogen-bond acceptors (Lipinski definition) is 3. The highest BCUT2D eigenvalue weighted by Crippen LogP contribution is 2.10. The molecule has 0 saturated heterocycles. The number of carbonyl (C=O) groups excluding carboxylic acids is 1. The second kappa shape index (κ2) is 6.02. The SMILES string of the molecule is CN(CCS(=O)(=O)c1ccccc1)C(=O)CCl. The van der Waals surface area contributed by atoms with E-state index in [0.29, 0.717) is 0 Å². The predicted molar refractivity (Wildman–Crippen MR) is 66.9 cm³/mol. The van der Waals surface area contributed by atoms with Gasteiger partial charge >= 0.3 is 0 Å². The summed E-state index contributed by atoms with van der Waals surface area (Å²) in [5.41, 5.74) is 0. The molecule has 0 aliphatic rings. The minimum absolute atomic E-state index is 0.101. The quantitative estimate of drug-likeness (QED) is 0.758. The van der Waals surface area contributed by atoms with Crippen molar-refractivity contribution in [3.8, 4) is 0 Å². The molecular weight excluding hydrogens is 262 g/mol. The molecule has 6 heteroatoms. The van der Waals surface area contributed by atoms with Crippen molar-refractivity contribution in [1.29, 1.82) is 0 Å². The third-order valence-corrected chi connectivity index (χ3v) is 4.28. The van der Waals surface area contributed by atoms with E-state index < -0.39 is 9.84 Å². The summed E-state index contributed by atoms with van der Waals surface area (Å²) in [6, 6.07) is 8.17. The fourth-order valence-electron chi connectivity index (χ4n) is 1.23. The van der Waals surface area contributed by atoms with Crippen LogP contribution in [0.5, 0.6) is 0 Å². The van der Waals surface area contributed by atoms with E-state index in [1.807, 2.05) is 0 Å². The normalized spacial score (nSPS) is 11.2. The Morgan fingerprint density at radius 2 is 1.88 bits per heavy atom. The average Bonchev–Trinajstić information content (AvgIpc) is 2.36. The van der Waals surface area contributed by atoms with Gasteiger partial charge in [0.25, 0.3) is 0 Å². The van der Waals surface area contributed by atoms with Crippen LogP contribution in [0.3, 0.4) is 0 Å². The second-order valence-corrected chi connectivity index (χ2v) is 5.96. The number of halogens is 1. The minimum atomic E-state index is -3.33. The van der Waals surface area contributed by atoms with E-state index in [-0.39, 0.29) is 29.0 Å². The van der Waals surface area contributed by atoms with E-state index in [1.165, 1.54) is 11.9 Å². The molecule has 0 unspecified atom stereocenters. The van der Waals surface area contributed by atoms with Crippen LogP contribution in [0.15, 0.2) is 35.2 Å². The van der Waals surface area contributed by atoms with Gasteiger partial charge in [0.05, 0.1) is 10.6 Å². The third-order valence-electron chi connectivity index (χ3n) is 2.34. The molecule has 4 nitrogen and oxygen atoms in total. The van der Waals surface area contributed by atoms with E-state index in [1.54, 1.807) is 30.3 Å². The summed E-state index contributed by atoms with van der Waals surface area (Å²) < 4.78 is 23.8. The van der Waals surface area contributed by atoms with Gasteiger partial charge in [0, 0.05) is 13.6 Å². The molecule has 0 fully saturated rings. The molecular formula is C11H14ClNO3S. The number of benzene rings is 1. The van der Waals surface area contributed by atoms with Gasteiger partial charge in [-0.1, -0.05) is 18.2 Å². The minimum Gasteiger partial charge on any atom is -0.344 e. The van der Waals surface area contributed by atoms with Gasteiger partial charge in [0.2, 0.25) is 5.91 Å². The highest BCUT2D eigenvalue weighted by Gasteiger charge is 2.16. The first-order valence-electron chi connectivity index (χ1n) is 5.05. The van der Waals surface area contributed by atoms with Crippen LogP contribution in [0.25, 0.3) is 0 Å². The first-order chi connectivity index (χ1) is 7.97. The van der Waals surface area contributed by atoms with Crippen LogP contribution in [-0.2, 0) is 14.6 Å². The highest BCUT2D eigenvalue weighted by molar-refractivity contribution is 7.91. The number of hydrogen-bond donors (Lipinski definition) is 0. The van der Waals surface area contributed by atoms with Crippen molar-refractivity contribution in [3.05, 3.63) is 30.3 Å². The Kier molecular flexibility index (Phi) is 4.96. The van der Waals surface area contributed by atoms with E-state index in [4.69, 9.17) is 11.6 Å². The first kappa shape index (κ1) is 14.0. The molecule has 1 aromatic carbocycles. The molecule has 0 bridgehead atoms. The Labute approximate surface area is 106 Å². The summed E-state index contributed by atoms with van der Waals surface area (Å²) in [5, 5.41) is 0. The Morgan fingerprint density at radius 1 is 1.29 bits per heavy atom. The zero-order chi connectivity index (χ0) is 12.9. The highest BCUT2D eigenvalue weighted by atomic mass is 35.5. The molecule has 1 rings (SSSR count). The smallest absolute Gasteiger partial charge is 0.237 e. The predicted octanol–water partition coefficient (Wildman–Crippen LogP) is 1.16. The van der Waals surface area contributed by atoms with E-state index in [0.717, 1.165) is 0 Å². The monoisotopic (exact) mass is 275 g/mol. The van der Waals surface area contributed by atoms with Crippen molar-refractivity contribution in [2.45, 2.75) is 4.90 Å². The van der Waals surface area contributed by atoms with Crippen molar-refractivity contribution in [3.63, 3.8) is 0 Å². The second-order valence-electron chi connectivity index (χ2n) is 3.58. The Morgan fingerprint density at radius 3 is 2.41 bits per heavy atom. The van der Waals surface area contributed by atoms with Crippen LogP contribution < -0.4 is 0 Å². The van der Waals surface area contributed by atoms with E-state index >= 15 is 0 Å². The molecule has 1 aromatic rings. The number of amides is 1. The van der Waals surface area contributed by atoms with Crippen LogP contribution in [0.2, 0.25) is 0 Å². The molecule has 0 saturated carbocycles. The summed E-state index contributed by atoms with van der Waals surface area (Å²) in [5.74, 6) is -0.521. The number of nitrogens with zero attached hydrogens (tertiary/aromatic N) is 1. The summed E-state index contributed by atoms with van der Waals surface area (Å²) in [6.45, 7) is 0.142. The Balaban J connectivity index is 2.66. The van der Waals surface area contributed by atoms with Gasteiger partial charge in [-0.3, -0.25) is 4.79 Å². The van der Waals surface area contributed by atoms with Crippen molar-refractivity contribution >= 4 is 27.3 Å². The van der Waals surface area contributed by atoms with Gasteiger partial charge in [-0.05, 0) is 12.1 Å². The van der Waals surface area contributed by atoms with Crippen LogP contribution in [0.1, 0.15) is 0 Å². The number of sulfone groups is 1. The molecule has 0 aliphatic carbocycles. The Bertz CT molecular complexity index is 473. The summed E-state index contributed by atoms with van der Waals surface area (Å²) in [6.07, 6.45) is 0. The molecule has 0 radical (unpaired) electrons. The molecule has 17 heavy (non-hydrogen) atoms. The van der Waals surface area contributed by atoms with Crippen molar-refractivity contribution in [1.82, 2.24) is 4.90 Å². The number of carbonyl (C=O) groups is 1. The maximum Gasteiger partial charge on any atom is 0.237 e. The van der Waals surface area contributed by atoms with Gasteiger partial charge in [-0.2, -0.15) is 0 Å². The fraction of sp³-hybridized carbons (Fsp3) is 0.364. The fourth-order valence-corrected chi connectivity index (χ4v) is 2.76. The summed E-state index contributed by atoms with van der Waals surface area (Å²) in [4.78, 5) is 12.7. The lowest BCUT2D eigenvalue weighted by molar-refractivity contribution is -0.126. The lowest BCUT2D eigenvalue weighted by atomic mass is 10.4. The molecule has 0 atom stereocenters. The van der Waals surface area contributed by atoms with Gasteiger partial charge in [0.1, 0.15) is 5.88 Å². The van der Waals surface area contributed by atoms with Crippen LogP contribution >= 0.6 is 11.6 Å². The maximum absolute atomic E-state index is 11.9. The third kappa shape index (κ3) is 4.02. The molecule has 0 aliphatic heterocycles. The number of alkyl halides is 1. The van der Waals surface area contributed by atoms with Crippen LogP contribution in [0.4, 0.5) is 0 Å². The zero-order valence-electron chi connectivity index (χ0n) is 9.47. The van der Waals surface area contributed by atoms with Crippen molar-refractivity contribution in [2.24, 2.45) is 0 Å². The summed E-state index contributed by atoms with van der Waals surface area (Å²) in [7, 11) is -1.80. The molecule has 0 aromatic heterocycles. The maximum atomic E-state index is 11.9. The largest absolute Gasteiger partial charge is 0.344 e. The standard InChI is InChI=1S/C11H14ClNO3S/c1-13(11(14)9-12)7-8-17(15,16)10-5-3-2-4-6-10/h2-6H,7-9H2,1H3. The molecule has 0 heterocycles. The van der Waals surface area contributed by atoms with Gasteiger partial charge in [0.15, 0.2) is 9.84 Å². The Hall–Kier alpha value is -1.07. The average molecular weight is 276 g/mol. The lowest BCUT2D eigenvalue weighted by Gasteiger charge is -2.15.